The normalized spacial score (nSPS) is 9.57. The molecule has 0 spiro atoms. The largest absolute Gasteiger partial charge is 0.480 e. The van der Waals surface area contributed by atoms with E-state index in [1.54, 1.807) is 7.05 Å². The summed E-state index contributed by atoms with van der Waals surface area (Å²) in [6.07, 6.45) is 2.90. The van der Waals surface area contributed by atoms with Gasteiger partial charge < -0.3 is 14.7 Å². The van der Waals surface area contributed by atoms with E-state index >= 15 is 0 Å². The summed E-state index contributed by atoms with van der Waals surface area (Å²) in [5, 5.41) is 8.53. The van der Waals surface area contributed by atoms with Crippen LogP contribution >= 0.6 is 0 Å². The van der Waals surface area contributed by atoms with Crippen molar-refractivity contribution >= 4 is 11.8 Å². The van der Waals surface area contributed by atoms with Gasteiger partial charge in [-0.15, -0.1) is 0 Å². The maximum atomic E-state index is 10.4. The van der Waals surface area contributed by atoms with Gasteiger partial charge in [-0.1, -0.05) is 0 Å². The van der Waals surface area contributed by atoms with Crippen molar-refractivity contribution in [3.63, 3.8) is 0 Å². The first-order chi connectivity index (χ1) is 6.63. The third-order valence-corrected chi connectivity index (χ3v) is 1.59. The average Bonchev–Trinajstić information content (AvgIpc) is 2.17. The van der Waals surface area contributed by atoms with Crippen molar-refractivity contribution in [2.24, 2.45) is 0 Å². The minimum atomic E-state index is -0.912. The molecular formula is C8H11N3O3. The predicted octanol–water partition coefficient (Wildman–Crippen LogP) is 0.00600. The topological polar surface area (TPSA) is 75.5 Å². The van der Waals surface area contributed by atoms with E-state index in [0.29, 0.717) is 11.7 Å². The number of rotatable bonds is 4. The number of aromatic nitrogens is 2. The molecule has 0 aliphatic carbocycles. The zero-order valence-corrected chi connectivity index (χ0v) is 7.97. The van der Waals surface area contributed by atoms with Gasteiger partial charge in [0.1, 0.15) is 12.4 Å². The summed E-state index contributed by atoms with van der Waals surface area (Å²) in [5.41, 5.74) is 0. The van der Waals surface area contributed by atoms with Crippen molar-refractivity contribution in [2.75, 3.05) is 25.6 Å². The number of ether oxygens (including phenoxy) is 1. The molecule has 6 nitrogen and oxygen atoms in total. The third kappa shape index (κ3) is 2.58. The summed E-state index contributed by atoms with van der Waals surface area (Å²) in [6.45, 7) is -0.110. The van der Waals surface area contributed by atoms with E-state index in [0.717, 1.165) is 0 Å². The summed E-state index contributed by atoms with van der Waals surface area (Å²) < 4.78 is 4.82. The number of carbonyl (C=O) groups is 1. The molecule has 0 saturated carbocycles. The summed E-state index contributed by atoms with van der Waals surface area (Å²) >= 11 is 0. The van der Waals surface area contributed by atoms with Crippen molar-refractivity contribution in [1.82, 2.24) is 9.97 Å². The highest BCUT2D eigenvalue weighted by Gasteiger charge is 2.06. The Morgan fingerprint density at radius 1 is 1.57 bits per heavy atom. The van der Waals surface area contributed by atoms with Gasteiger partial charge in [0, 0.05) is 7.05 Å². The number of anilines is 1. The molecule has 1 heterocycles. The van der Waals surface area contributed by atoms with Crippen LogP contribution in [0.5, 0.6) is 5.88 Å². The minimum Gasteiger partial charge on any atom is -0.480 e. The molecule has 1 N–H and O–H groups in total. The molecule has 6 heteroatoms. The highest BCUT2D eigenvalue weighted by molar-refractivity contribution is 5.72. The lowest BCUT2D eigenvalue weighted by molar-refractivity contribution is -0.135. The minimum absolute atomic E-state index is 0.110. The van der Waals surface area contributed by atoms with Gasteiger partial charge in [-0.05, 0) is 0 Å². The van der Waals surface area contributed by atoms with Gasteiger partial charge in [-0.2, -0.15) is 0 Å². The molecule has 0 fully saturated rings. The first-order valence-corrected chi connectivity index (χ1v) is 3.92. The van der Waals surface area contributed by atoms with Gasteiger partial charge in [0.25, 0.3) is 0 Å². The number of aliphatic carboxylic acids is 1. The second-order valence-corrected chi connectivity index (χ2v) is 2.67. The number of nitrogens with zero attached hydrogens (tertiary/aromatic N) is 3. The van der Waals surface area contributed by atoms with Crippen LogP contribution in [0.3, 0.4) is 0 Å². The Kier molecular flexibility index (Phi) is 3.22. The molecule has 1 aromatic heterocycles. The quantitative estimate of drug-likeness (QED) is 0.732. The Labute approximate surface area is 81.2 Å². The van der Waals surface area contributed by atoms with Gasteiger partial charge in [-0.3, -0.25) is 4.79 Å². The van der Waals surface area contributed by atoms with E-state index in [2.05, 4.69) is 9.97 Å². The number of carboxylic acid groups (broad SMARTS) is 1. The highest BCUT2D eigenvalue weighted by atomic mass is 16.5. The van der Waals surface area contributed by atoms with E-state index in [1.807, 2.05) is 0 Å². The molecule has 0 aromatic carbocycles. The molecule has 0 aliphatic rings. The maximum Gasteiger partial charge on any atom is 0.323 e. The van der Waals surface area contributed by atoms with Crippen molar-refractivity contribution in [3.8, 4) is 5.88 Å². The van der Waals surface area contributed by atoms with Crippen LogP contribution in [-0.4, -0.2) is 41.7 Å². The highest BCUT2D eigenvalue weighted by Crippen LogP contribution is 2.09. The van der Waals surface area contributed by atoms with Crippen LogP contribution in [0.15, 0.2) is 12.4 Å². The first-order valence-electron chi connectivity index (χ1n) is 3.92. The molecule has 0 saturated heterocycles. The van der Waals surface area contributed by atoms with Crippen molar-refractivity contribution in [3.05, 3.63) is 12.4 Å². The lowest BCUT2D eigenvalue weighted by Gasteiger charge is -2.14. The lowest BCUT2D eigenvalue weighted by atomic mass is 10.5. The Balaban J connectivity index is 2.71. The summed E-state index contributed by atoms with van der Waals surface area (Å²) in [4.78, 5) is 19.8. The van der Waals surface area contributed by atoms with Crippen LogP contribution in [0.2, 0.25) is 0 Å². The fraction of sp³-hybridized carbons (Fsp3) is 0.375. The number of methoxy groups -OCH3 is 1. The van der Waals surface area contributed by atoms with Gasteiger partial charge in [0.15, 0.2) is 0 Å². The molecule has 0 aliphatic heterocycles. The van der Waals surface area contributed by atoms with Gasteiger partial charge in [0.2, 0.25) is 5.88 Å². The van der Waals surface area contributed by atoms with Gasteiger partial charge >= 0.3 is 5.97 Å². The van der Waals surface area contributed by atoms with Crippen LogP contribution in [0.1, 0.15) is 0 Å². The van der Waals surface area contributed by atoms with E-state index in [9.17, 15) is 4.79 Å². The van der Waals surface area contributed by atoms with E-state index in [1.165, 1.54) is 24.4 Å². The molecule has 0 bridgehead atoms. The summed E-state index contributed by atoms with van der Waals surface area (Å²) in [6, 6.07) is 0. The second kappa shape index (κ2) is 4.40. The van der Waals surface area contributed by atoms with E-state index in [4.69, 9.17) is 9.84 Å². The van der Waals surface area contributed by atoms with Crippen LogP contribution in [-0.2, 0) is 4.79 Å². The number of hydrogen-bond acceptors (Lipinski definition) is 5. The molecular weight excluding hydrogens is 186 g/mol. The summed E-state index contributed by atoms with van der Waals surface area (Å²) in [7, 11) is 3.12. The molecule has 14 heavy (non-hydrogen) atoms. The van der Waals surface area contributed by atoms with Crippen molar-refractivity contribution in [2.45, 2.75) is 0 Å². The Hall–Kier alpha value is -1.85. The number of likely N-dealkylation sites (N-methyl/N-ethyl adjacent to an activating group) is 1. The maximum absolute atomic E-state index is 10.4. The molecule has 1 rings (SSSR count). The first kappa shape index (κ1) is 10.2. The van der Waals surface area contributed by atoms with Crippen LogP contribution in [0.4, 0.5) is 5.82 Å². The monoisotopic (exact) mass is 197 g/mol. The predicted molar refractivity (Wildman–Crippen MR) is 49.5 cm³/mol. The SMILES string of the molecule is COc1cnc(N(C)CC(=O)O)cn1. The molecule has 0 radical (unpaired) electrons. The molecule has 0 amide bonds. The van der Waals surface area contributed by atoms with Gasteiger partial charge in [0.05, 0.1) is 19.5 Å². The Bertz CT molecular complexity index is 312. The molecule has 1 aromatic rings. The van der Waals surface area contributed by atoms with Crippen LogP contribution in [0.25, 0.3) is 0 Å². The standard InChI is InChI=1S/C8H11N3O3/c1-11(5-8(12)13)6-3-10-7(14-2)4-9-6/h3-4H,5H2,1-2H3,(H,12,13). The molecule has 0 unspecified atom stereocenters. The zero-order valence-electron chi connectivity index (χ0n) is 7.97. The van der Waals surface area contributed by atoms with E-state index in [-0.39, 0.29) is 6.54 Å². The fourth-order valence-corrected chi connectivity index (χ4v) is 0.896. The molecule has 0 atom stereocenters. The second-order valence-electron chi connectivity index (χ2n) is 2.67. The van der Waals surface area contributed by atoms with Gasteiger partial charge in [-0.25, -0.2) is 9.97 Å². The van der Waals surface area contributed by atoms with E-state index < -0.39 is 5.97 Å². The third-order valence-electron chi connectivity index (χ3n) is 1.59. The smallest absolute Gasteiger partial charge is 0.323 e. The van der Waals surface area contributed by atoms with Crippen molar-refractivity contribution < 1.29 is 14.6 Å². The van der Waals surface area contributed by atoms with Crippen molar-refractivity contribution in [1.29, 1.82) is 0 Å². The lowest BCUT2D eigenvalue weighted by Crippen LogP contribution is -2.25. The molecule has 76 valence electrons. The zero-order chi connectivity index (χ0) is 10.6. The Morgan fingerprint density at radius 3 is 2.71 bits per heavy atom. The number of hydrogen-bond donors (Lipinski definition) is 1. The Morgan fingerprint density at radius 2 is 2.29 bits per heavy atom. The number of carboxylic acids is 1. The van der Waals surface area contributed by atoms with Crippen LogP contribution < -0.4 is 9.64 Å². The fourth-order valence-electron chi connectivity index (χ4n) is 0.896. The van der Waals surface area contributed by atoms with Crippen LogP contribution in [0, 0.1) is 0 Å². The summed E-state index contributed by atoms with van der Waals surface area (Å²) in [5.74, 6) is -0.0178. The average molecular weight is 197 g/mol.